The van der Waals surface area contributed by atoms with Gasteiger partial charge in [-0.3, -0.25) is 4.79 Å². The van der Waals surface area contributed by atoms with Crippen molar-refractivity contribution in [2.45, 2.75) is 26.3 Å². The van der Waals surface area contributed by atoms with E-state index in [0.29, 0.717) is 11.3 Å². The summed E-state index contributed by atoms with van der Waals surface area (Å²) in [4.78, 5) is 11.9. The van der Waals surface area contributed by atoms with Gasteiger partial charge in [-0.2, -0.15) is 0 Å². The molecular formula is C15H16FNO2. The van der Waals surface area contributed by atoms with Crippen LogP contribution < -0.4 is 5.32 Å². The maximum atomic E-state index is 13.6. The standard InChI is InChI=1S/C15H16FNO2/c1-15(2,3)17-14(18)13-9-8-12(19-13)10-6-4-5-7-11(10)16/h4-9H,1-3H3,(H,17,18). The van der Waals surface area contributed by atoms with Gasteiger partial charge in [0.1, 0.15) is 11.6 Å². The van der Waals surface area contributed by atoms with Gasteiger partial charge in [-0.15, -0.1) is 0 Å². The van der Waals surface area contributed by atoms with E-state index in [1.807, 2.05) is 20.8 Å². The number of furan rings is 1. The summed E-state index contributed by atoms with van der Waals surface area (Å²) in [6, 6.07) is 9.43. The molecule has 2 aromatic rings. The number of amides is 1. The topological polar surface area (TPSA) is 42.2 Å². The van der Waals surface area contributed by atoms with Crippen molar-refractivity contribution >= 4 is 5.91 Å². The zero-order valence-corrected chi connectivity index (χ0v) is 11.2. The van der Waals surface area contributed by atoms with Crippen LogP contribution in [0.1, 0.15) is 31.3 Å². The van der Waals surface area contributed by atoms with E-state index in [0.717, 1.165) is 0 Å². The molecular weight excluding hydrogens is 245 g/mol. The highest BCUT2D eigenvalue weighted by Gasteiger charge is 2.19. The van der Waals surface area contributed by atoms with Crippen molar-refractivity contribution < 1.29 is 13.6 Å². The molecule has 0 aliphatic rings. The Morgan fingerprint density at radius 1 is 1.16 bits per heavy atom. The number of benzene rings is 1. The molecule has 0 atom stereocenters. The van der Waals surface area contributed by atoms with E-state index in [2.05, 4.69) is 5.32 Å². The minimum atomic E-state index is -0.375. The number of hydrogen-bond acceptors (Lipinski definition) is 2. The molecule has 3 nitrogen and oxygen atoms in total. The Labute approximate surface area is 111 Å². The van der Waals surface area contributed by atoms with Crippen LogP contribution in [0.4, 0.5) is 4.39 Å². The summed E-state index contributed by atoms with van der Waals surface area (Å²) in [7, 11) is 0. The molecule has 0 aliphatic heterocycles. The highest BCUT2D eigenvalue weighted by Crippen LogP contribution is 2.24. The second kappa shape index (κ2) is 4.88. The van der Waals surface area contributed by atoms with E-state index in [9.17, 15) is 9.18 Å². The fourth-order valence-electron chi connectivity index (χ4n) is 1.67. The molecule has 1 amide bonds. The van der Waals surface area contributed by atoms with E-state index in [1.54, 1.807) is 30.3 Å². The van der Waals surface area contributed by atoms with Gasteiger partial charge in [0.05, 0.1) is 5.56 Å². The molecule has 19 heavy (non-hydrogen) atoms. The normalized spacial score (nSPS) is 11.4. The lowest BCUT2D eigenvalue weighted by atomic mass is 10.1. The second-order valence-electron chi connectivity index (χ2n) is 5.35. The third-order valence-corrected chi connectivity index (χ3v) is 2.46. The first-order valence-electron chi connectivity index (χ1n) is 6.04. The van der Waals surface area contributed by atoms with Crippen LogP contribution in [0.15, 0.2) is 40.8 Å². The SMILES string of the molecule is CC(C)(C)NC(=O)c1ccc(-c2ccccc2F)o1. The molecule has 0 fully saturated rings. The Kier molecular flexibility index (Phi) is 3.42. The maximum absolute atomic E-state index is 13.6. The molecule has 1 aromatic heterocycles. The van der Waals surface area contributed by atoms with Crippen LogP contribution in [-0.2, 0) is 0 Å². The second-order valence-corrected chi connectivity index (χ2v) is 5.35. The van der Waals surface area contributed by atoms with Crippen molar-refractivity contribution in [1.29, 1.82) is 0 Å². The zero-order chi connectivity index (χ0) is 14.0. The first-order valence-corrected chi connectivity index (χ1v) is 6.04. The summed E-state index contributed by atoms with van der Waals surface area (Å²) in [6.07, 6.45) is 0. The Balaban J connectivity index is 2.25. The Bertz CT molecular complexity index is 596. The lowest BCUT2D eigenvalue weighted by Gasteiger charge is -2.19. The van der Waals surface area contributed by atoms with E-state index < -0.39 is 0 Å². The Morgan fingerprint density at radius 3 is 2.47 bits per heavy atom. The lowest BCUT2D eigenvalue weighted by Crippen LogP contribution is -2.40. The molecule has 0 spiro atoms. The summed E-state index contributed by atoms with van der Waals surface area (Å²) in [5.74, 6) is -0.167. The number of nitrogens with one attached hydrogen (secondary N) is 1. The molecule has 100 valence electrons. The molecule has 4 heteroatoms. The quantitative estimate of drug-likeness (QED) is 0.897. The maximum Gasteiger partial charge on any atom is 0.287 e. The zero-order valence-electron chi connectivity index (χ0n) is 11.2. The van der Waals surface area contributed by atoms with Crippen molar-refractivity contribution in [1.82, 2.24) is 5.32 Å². The van der Waals surface area contributed by atoms with Gasteiger partial charge in [0.2, 0.25) is 0 Å². The van der Waals surface area contributed by atoms with Gasteiger partial charge >= 0.3 is 0 Å². The molecule has 1 aromatic carbocycles. The fourth-order valence-corrected chi connectivity index (χ4v) is 1.67. The summed E-state index contributed by atoms with van der Waals surface area (Å²) in [5.41, 5.74) is -0.000475. The van der Waals surface area contributed by atoms with Gasteiger partial charge in [0, 0.05) is 5.54 Å². The molecule has 2 rings (SSSR count). The number of carbonyl (C=O) groups is 1. The van der Waals surface area contributed by atoms with Crippen LogP contribution in [0.25, 0.3) is 11.3 Å². The number of halogens is 1. The van der Waals surface area contributed by atoms with Crippen LogP contribution in [-0.4, -0.2) is 11.4 Å². The largest absolute Gasteiger partial charge is 0.451 e. The molecule has 1 N–H and O–H groups in total. The average Bonchev–Trinajstić information content (AvgIpc) is 2.76. The molecule has 1 heterocycles. The van der Waals surface area contributed by atoms with Crippen LogP contribution in [0.5, 0.6) is 0 Å². The molecule has 0 bridgehead atoms. The molecule has 0 radical (unpaired) electrons. The monoisotopic (exact) mass is 261 g/mol. The highest BCUT2D eigenvalue weighted by atomic mass is 19.1. The third-order valence-electron chi connectivity index (χ3n) is 2.46. The highest BCUT2D eigenvalue weighted by molar-refractivity contribution is 5.92. The van der Waals surface area contributed by atoms with Crippen molar-refractivity contribution in [3.63, 3.8) is 0 Å². The Hall–Kier alpha value is -2.10. The summed E-state index contributed by atoms with van der Waals surface area (Å²) < 4.78 is 19.0. The number of carbonyl (C=O) groups excluding carboxylic acids is 1. The van der Waals surface area contributed by atoms with Crippen LogP contribution in [0, 0.1) is 5.82 Å². The van der Waals surface area contributed by atoms with E-state index in [1.165, 1.54) is 6.07 Å². The summed E-state index contributed by atoms with van der Waals surface area (Å²) in [5, 5.41) is 2.79. The average molecular weight is 261 g/mol. The summed E-state index contributed by atoms with van der Waals surface area (Å²) >= 11 is 0. The van der Waals surface area contributed by atoms with Crippen molar-refractivity contribution in [3.8, 4) is 11.3 Å². The first kappa shape index (κ1) is 13.3. The van der Waals surface area contributed by atoms with E-state index in [-0.39, 0.29) is 23.0 Å². The van der Waals surface area contributed by atoms with Crippen molar-refractivity contribution in [3.05, 3.63) is 48.0 Å². The van der Waals surface area contributed by atoms with Crippen LogP contribution in [0.2, 0.25) is 0 Å². The van der Waals surface area contributed by atoms with Gasteiger partial charge in [-0.05, 0) is 45.0 Å². The fraction of sp³-hybridized carbons (Fsp3) is 0.267. The van der Waals surface area contributed by atoms with Gasteiger partial charge in [0.15, 0.2) is 5.76 Å². The van der Waals surface area contributed by atoms with Gasteiger partial charge in [-0.1, -0.05) is 12.1 Å². The lowest BCUT2D eigenvalue weighted by molar-refractivity contribution is 0.0892. The predicted octanol–water partition coefficient (Wildman–Crippen LogP) is 3.61. The minimum Gasteiger partial charge on any atom is -0.451 e. The van der Waals surface area contributed by atoms with Crippen LogP contribution >= 0.6 is 0 Å². The molecule has 0 unspecified atom stereocenters. The number of rotatable bonds is 2. The summed E-state index contributed by atoms with van der Waals surface area (Å²) in [6.45, 7) is 5.64. The third kappa shape index (κ3) is 3.22. The van der Waals surface area contributed by atoms with Gasteiger partial charge in [-0.25, -0.2) is 4.39 Å². The molecule has 0 saturated carbocycles. The number of hydrogen-bond donors (Lipinski definition) is 1. The first-order chi connectivity index (χ1) is 8.87. The van der Waals surface area contributed by atoms with E-state index >= 15 is 0 Å². The van der Waals surface area contributed by atoms with Gasteiger partial charge < -0.3 is 9.73 Å². The smallest absolute Gasteiger partial charge is 0.287 e. The van der Waals surface area contributed by atoms with E-state index in [4.69, 9.17) is 4.42 Å². The van der Waals surface area contributed by atoms with Crippen molar-refractivity contribution in [2.75, 3.05) is 0 Å². The van der Waals surface area contributed by atoms with Crippen LogP contribution in [0.3, 0.4) is 0 Å². The molecule has 0 aliphatic carbocycles. The van der Waals surface area contributed by atoms with Crippen molar-refractivity contribution in [2.24, 2.45) is 0 Å². The van der Waals surface area contributed by atoms with Gasteiger partial charge in [0.25, 0.3) is 5.91 Å². The minimum absolute atomic E-state index is 0.174. The molecule has 0 saturated heterocycles. The Morgan fingerprint density at radius 2 is 1.84 bits per heavy atom. The predicted molar refractivity (Wildman–Crippen MR) is 71.3 cm³/mol.